The first kappa shape index (κ1) is 14.2. The number of fused-ring (bicyclic) bond motifs is 3. The van der Waals surface area contributed by atoms with Gasteiger partial charge in [-0.15, -0.1) is 0 Å². The Bertz CT molecular complexity index is 838. The highest BCUT2D eigenvalue weighted by atomic mass is 16.6. The molecule has 6 heterocycles. The summed E-state index contributed by atoms with van der Waals surface area (Å²) in [5.74, 6) is 1.04. The maximum Gasteiger partial charge on any atom is 0.291 e. The van der Waals surface area contributed by atoms with Gasteiger partial charge in [0.1, 0.15) is 6.54 Å². The number of nitrogens with one attached hydrogen (secondary N) is 1. The van der Waals surface area contributed by atoms with E-state index in [9.17, 15) is 5.21 Å². The second kappa shape index (κ2) is 4.67. The summed E-state index contributed by atoms with van der Waals surface area (Å²) in [5.41, 5.74) is 1.34. The number of quaternary nitrogens is 1. The van der Waals surface area contributed by atoms with E-state index in [2.05, 4.69) is 20.3 Å². The molecule has 1 atom stereocenters. The molecule has 2 bridgehead atoms. The van der Waals surface area contributed by atoms with Crippen LogP contribution in [0.15, 0.2) is 23.6 Å². The largest absolute Gasteiger partial charge is 0.633 e. The minimum atomic E-state index is -0.434. The van der Waals surface area contributed by atoms with Crippen molar-refractivity contribution in [2.45, 2.75) is 25.4 Å². The quantitative estimate of drug-likeness (QED) is 0.630. The van der Waals surface area contributed by atoms with Gasteiger partial charge in [-0.2, -0.15) is 0 Å². The Labute approximate surface area is 139 Å². The molecule has 1 spiro atoms. The SMILES string of the molecule is Cc1cnc2c(NC3=NC[C@@]4(C[N+]5([O-])CCC4CC5)O3)nccn12. The van der Waals surface area contributed by atoms with E-state index in [-0.39, 0.29) is 4.65 Å². The Morgan fingerprint density at radius 1 is 1.38 bits per heavy atom. The third-order valence-electron chi connectivity index (χ3n) is 5.70. The number of aromatic nitrogens is 3. The van der Waals surface area contributed by atoms with Crippen LogP contribution in [0.5, 0.6) is 0 Å². The molecule has 2 aromatic heterocycles. The van der Waals surface area contributed by atoms with Crippen molar-refractivity contribution in [1.82, 2.24) is 14.4 Å². The van der Waals surface area contributed by atoms with E-state index in [0.29, 0.717) is 43.9 Å². The predicted octanol–water partition coefficient (Wildman–Crippen LogP) is 1.31. The maximum atomic E-state index is 12.7. The van der Waals surface area contributed by atoms with Crippen LogP contribution in [0.1, 0.15) is 18.5 Å². The van der Waals surface area contributed by atoms with Crippen LogP contribution in [-0.2, 0) is 4.74 Å². The van der Waals surface area contributed by atoms with Gasteiger partial charge in [0.25, 0.3) is 6.02 Å². The van der Waals surface area contributed by atoms with Crippen molar-refractivity contribution >= 4 is 17.5 Å². The standard InChI is InChI=1S/C16H20N6O2/c1-11-8-18-14-13(17-4-5-21(11)14)20-15-19-9-16(24-15)10-22(23)6-2-12(16)3-7-22/h4-5,8,12H,2-3,6-7,9-10H2,1H3,(H,17,19,20)/t12?,16-,22?/m0/s1. The topological polar surface area (TPSA) is 86.9 Å². The van der Waals surface area contributed by atoms with Gasteiger partial charge >= 0.3 is 0 Å². The fourth-order valence-electron chi connectivity index (χ4n) is 4.39. The van der Waals surface area contributed by atoms with Crippen molar-refractivity contribution < 1.29 is 9.38 Å². The van der Waals surface area contributed by atoms with Gasteiger partial charge < -0.3 is 14.6 Å². The van der Waals surface area contributed by atoms with Crippen molar-refractivity contribution in [2.75, 3.05) is 31.5 Å². The second-order valence-electron chi connectivity index (χ2n) is 7.22. The van der Waals surface area contributed by atoms with Crippen LogP contribution in [0, 0.1) is 18.0 Å². The van der Waals surface area contributed by atoms with Crippen LogP contribution in [-0.4, -0.2) is 56.8 Å². The van der Waals surface area contributed by atoms with E-state index in [1.54, 1.807) is 12.4 Å². The number of amidine groups is 1. The zero-order valence-corrected chi connectivity index (χ0v) is 13.6. The highest BCUT2D eigenvalue weighted by Gasteiger charge is 2.56. The third kappa shape index (κ3) is 1.96. The van der Waals surface area contributed by atoms with Gasteiger partial charge in [-0.25, -0.2) is 15.0 Å². The molecule has 8 nitrogen and oxygen atoms in total. The molecule has 3 fully saturated rings. The zero-order chi connectivity index (χ0) is 16.4. The lowest BCUT2D eigenvalue weighted by molar-refractivity contribution is -0.905. The van der Waals surface area contributed by atoms with E-state index < -0.39 is 5.60 Å². The van der Waals surface area contributed by atoms with Crippen molar-refractivity contribution in [3.8, 4) is 0 Å². The number of nitrogens with zero attached hydrogens (tertiary/aromatic N) is 5. The first-order chi connectivity index (χ1) is 11.6. The van der Waals surface area contributed by atoms with Gasteiger partial charge in [0.15, 0.2) is 17.1 Å². The number of hydroxylamine groups is 3. The van der Waals surface area contributed by atoms with Gasteiger partial charge in [-0.05, 0) is 6.92 Å². The normalized spacial score (nSPS) is 34.6. The molecule has 8 heteroatoms. The summed E-state index contributed by atoms with van der Waals surface area (Å²) in [4.78, 5) is 13.3. The number of aliphatic imine (C=N–C) groups is 1. The molecule has 2 aromatic rings. The number of piperidine rings is 3. The minimum absolute atomic E-state index is 0.132. The minimum Gasteiger partial charge on any atom is -0.633 e. The van der Waals surface area contributed by atoms with Gasteiger partial charge in [0.05, 0.1) is 19.6 Å². The first-order valence-corrected chi connectivity index (χ1v) is 8.43. The molecular weight excluding hydrogens is 308 g/mol. The Morgan fingerprint density at radius 3 is 3.00 bits per heavy atom. The number of hydrogen-bond donors (Lipinski definition) is 1. The fraction of sp³-hybridized carbons (Fsp3) is 0.562. The number of rotatable bonds is 1. The molecule has 4 aliphatic heterocycles. The van der Waals surface area contributed by atoms with E-state index >= 15 is 0 Å². The van der Waals surface area contributed by atoms with E-state index in [0.717, 1.165) is 24.2 Å². The highest BCUT2D eigenvalue weighted by molar-refractivity contribution is 5.92. The van der Waals surface area contributed by atoms with Gasteiger partial charge in [0.2, 0.25) is 0 Å². The van der Waals surface area contributed by atoms with Crippen molar-refractivity contribution in [2.24, 2.45) is 10.9 Å². The Morgan fingerprint density at radius 2 is 2.21 bits per heavy atom. The number of aryl methyl sites for hydroxylation is 1. The fourth-order valence-corrected chi connectivity index (χ4v) is 4.39. The maximum absolute atomic E-state index is 12.7. The molecule has 0 amide bonds. The molecule has 6 rings (SSSR count). The zero-order valence-electron chi connectivity index (χ0n) is 13.6. The average Bonchev–Trinajstić information content (AvgIpc) is 3.13. The molecule has 4 aliphatic rings. The van der Waals surface area contributed by atoms with Crippen LogP contribution in [0.4, 0.5) is 5.82 Å². The van der Waals surface area contributed by atoms with Crippen molar-refractivity contribution in [1.29, 1.82) is 0 Å². The molecule has 0 unspecified atom stereocenters. The summed E-state index contributed by atoms with van der Waals surface area (Å²) >= 11 is 0. The molecular formula is C16H20N6O2. The van der Waals surface area contributed by atoms with E-state index in [1.807, 2.05) is 17.5 Å². The first-order valence-electron chi connectivity index (χ1n) is 8.43. The molecule has 1 N–H and O–H groups in total. The van der Waals surface area contributed by atoms with Crippen LogP contribution < -0.4 is 5.32 Å². The molecule has 0 aromatic carbocycles. The number of ether oxygens (including phenoxy) is 1. The summed E-state index contributed by atoms with van der Waals surface area (Å²) in [6, 6.07) is 0.455. The molecule has 3 saturated heterocycles. The summed E-state index contributed by atoms with van der Waals surface area (Å²) in [7, 11) is 0. The average molecular weight is 328 g/mol. The van der Waals surface area contributed by atoms with Gasteiger partial charge in [-0.3, -0.25) is 9.72 Å². The van der Waals surface area contributed by atoms with Crippen molar-refractivity contribution in [3.05, 3.63) is 29.5 Å². The van der Waals surface area contributed by atoms with Gasteiger partial charge in [-0.1, -0.05) is 0 Å². The van der Waals surface area contributed by atoms with Crippen LogP contribution in [0.2, 0.25) is 0 Å². The summed E-state index contributed by atoms with van der Waals surface area (Å²) in [6.07, 6.45) is 7.26. The lowest BCUT2D eigenvalue weighted by atomic mass is 9.75. The number of anilines is 1. The van der Waals surface area contributed by atoms with Crippen LogP contribution in [0.3, 0.4) is 0 Å². The Kier molecular flexibility index (Phi) is 2.76. The molecule has 0 saturated carbocycles. The Balaban J connectivity index is 1.40. The lowest BCUT2D eigenvalue weighted by Gasteiger charge is -2.58. The molecule has 0 aliphatic carbocycles. The van der Waals surface area contributed by atoms with Crippen molar-refractivity contribution in [3.63, 3.8) is 0 Å². The van der Waals surface area contributed by atoms with Crippen LogP contribution >= 0.6 is 0 Å². The number of imidazole rings is 1. The summed E-state index contributed by atoms with van der Waals surface area (Å²) < 4.78 is 8.03. The monoisotopic (exact) mass is 328 g/mol. The van der Waals surface area contributed by atoms with E-state index in [4.69, 9.17) is 4.74 Å². The molecule has 24 heavy (non-hydrogen) atoms. The van der Waals surface area contributed by atoms with E-state index in [1.165, 1.54) is 0 Å². The smallest absolute Gasteiger partial charge is 0.291 e. The summed E-state index contributed by atoms with van der Waals surface area (Å²) in [6.45, 7) is 4.48. The Hall–Kier alpha value is -2.19. The predicted molar refractivity (Wildman–Crippen MR) is 88.4 cm³/mol. The number of hydrogen-bond acceptors (Lipinski definition) is 6. The second-order valence-corrected chi connectivity index (χ2v) is 7.22. The van der Waals surface area contributed by atoms with Gasteiger partial charge in [0, 0.05) is 43.0 Å². The third-order valence-corrected chi connectivity index (χ3v) is 5.70. The highest BCUT2D eigenvalue weighted by Crippen LogP contribution is 2.44. The molecule has 0 radical (unpaired) electrons. The van der Waals surface area contributed by atoms with Crippen LogP contribution in [0.25, 0.3) is 5.65 Å². The lowest BCUT2D eigenvalue weighted by Crippen LogP contribution is -2.67. The summed E-state index contributed by atoms with van der Waals surface area (Å²) in [5, 5.41) is 15.9. The molecule has 126 valence electrons.